The number of halogens is 1. The molecule has 3 rings (SSSR count). The van der Waals surface area contributed by atoms with Crippen molar-refractivity contribution in [3.8, 4) is 6.01 Å². The molecule has 0 saturated carbocycles. The van der Waals surface area contributed by atoms with E-state index in [1.165, 1.54) is 0 Å². The first-order valence-corrected chi connectivity index (χ1v) is 7.34. The Morgan fingerprint density at radius 2 is 2.15 bits per heavy atom. The van der Waals surface area contributed by atoms with Gasteiger partial charge in [-0.25, -0.2) is 9.97 Å². The number of aromatic nitrogens is 4. The number of aromatic hydroxyl groups is 1. The zero-order valence-electron chi connectivity index (χ0n) is 11.2. The number of rotatable bonds is 3. The zero-order chi connectivity index (χ0) is 14.1. The molecule has 20 heavy (non-hydrogen) atoms. The molecule has 2 aromatic heterocycles. The van der Waals surface area contributed by atoms with E-state index in [-0.39, 0.29) is 12.1 Å². The maximum atomic E-state index is 10.0. The number of hydrogen-bond donors (Lipinski definition) is 1. The van der Waals surface area contributed by atoms with Crippen molar-refractivity contribution in [1.82, 2.24) is 24.4 Å². The molecule has 2 aromatic rings. The van der Waals surface area contributed by atoms with E-state index in [1.807, 2.05) is 6.92 Å². The SMILES string of the molecule is C[C@H](CN1CCOCC1)n1c(O)nc2ncc(Br)nc21. The topological polar surface area (TPSA) is 76.3 Å². The lowest BCUT2D eigenvalue weighted by atomic mass is 10.3. The van der Waals surface area contributed by atoms with Gasteiger partial charge in [0.15, 0.2) is 5.65 Å². The highest BCUT2D eigenvalue weighted by Gasteiger charge is 2.21. The lowest BCUT2D eigenvalue weighted by molar-refractivity contribution is 0.0324. The lowest BCUT2D eigenvalue weighted by Gasteiger charge is -2.29. The second-order valence-corrected chi connectivity index (χ2v) is 5.70. The van der Waals surface area contributed by atoms with E-state index >= 15 is 0 Å². The zero-order valence-corrected chi connectivity index (χ0v) is 12.7. The van der Waals surface area contributed by atoms with Gasteiger partial charge in [0, 0.05) is 19.6 Å². The molecule has 108 valence electrons. The summed E-state index contributed by atoms with van der Waals surface area (Å²) < 4.78 is 7.70. The number of hydrogen-bond acceptors (Lipinski definition) is 6. The fourth-order valence-electron chi connectivity index (χ4n) is 2.48. The van der Waals surface area contributed by atoms with Crippen molar-refractivity contribution in [2.45, 2.75) is 13.0 Å². The Morgan fingerprint density at radius 1 is 1.40 bits per heavy atom. The molecule has 8 heteroatoms. The van der Waals surface area contributed by atoms with Crippen molar-refractivity contribution < 1.29 is 9.84 Å². The maximum absolute atomic E-state index is 10.0. The van der Waals surface area contributed by atoms with Gasteiger partial charge in [-0.15, -0.1) is 0 Å². The van der Waals surface area contributed by atoms with Gasteiger partial charge >= 0.3 is 0 Å². The molecule has 1 aliphatic rings. The fourth-order valence-corrected chi connectivity index (χ4v) is 2.75. The largest absolute Gasteiger partial charge is 0.480 e. The van der Waals surface area contributed by atoms with E-state index in [9.17, 15) is 5.11 Å². The van der Waals surface area contributed by atoms with Gasteiger partial charge in [0.2, 0.25) is 5.65 Å². The van der Waals surface area contributed by atoms with E-state index in [0.717, 1.165) is 32.8 Å². The summed E-state index contributed by atoms with van der Waals surface area (Å²) in [5.41, 5.74) is 1.05. The molecule has 3 heterocycles. The first kappa shape index (κ1) is 13.7. The molecule has 0 aliphatic carbocycles. The molecular weight excluding hydrogens is 326 g/mol. The van der Waals surface area contributed by atoms with Gasteiger partial charge in [-0.05, 0) is 22.9 Å². The maximum Gasteiger partial charge on any atom is 0.297 e. The molecule has 7 nitrogen and oxygen atoms in total. The Bertz CT molecular complexity index is 611. The summed E-state index contributed by atoms with van der Waals surface area (Å²) in [4.78, 5) is 14.9. The first-order chi connectivity index (χ1) is 9.65. The third-order valence-electron chi connectivity index (χ3n) is 3.42. The predicted molar refractivity (Wildman–Crippen MR) is 76.7 cm³/mol. The van der Waals surface area contributed by atoms with E-state index in [4.69, 9.17) is 4.74 Å². The van der Waals surface area contributed by atoms with E-state index in [2.05, 4.69) is 35.8 Å². The number of morpholine rings is 1. The van der Waals surface area contributed by atoms with Crippen LogP contribution >= 0.6 is 15.9 Å². The number of ether oxygens (including phenoxy) is 1. The number of imidazole rings is 1. The van der Waals surface area contributed by atoms with Gasteiger partial charge in [0.25, 0.3) is 6.01 Å². The van der Waals surface area contributed by atoms with Crippen LogP contribution in [0.4, 0.5) is 0 Å². The highest BCUT2D eigenvalue weighted by atomic mass is 79.9. The quantitative estimate of drug-likeness (QED) is 0.903. The minimum Gasteiger partial charge on any atom is -0.480 e. The van der Waals surface area contributed by atoms with Gasteiger partial charge in [0.05, 0.1) is 25.5 Å². The minimum atomic E-state index is -0.0427. The van der Waals surface area contributed by atoms with Crippen LogP contribution in [0.3, 0.4) is 0 Å². The summed E-state index contributed by atoms with van der Waals surface area (Å²) in [5.74, 6) is 0. The van der Waals surface area contributed by atoms with Crippen molar-refractivity contribution in [3.05, 3.63) is 10.8 Å². The molecular formula is C12H16BrN5O2. The third-order valence-corrected chi connectivity index (χ3v) is 3.80. The first-order valence-electron chi connectivity index (χ1n) is 6.54. The Morgan fingerprint density at radius 3 is 2.90 bits per heavy atom. The van der Waals surface area contributed by atoms with Gasteiger partial charge in [-0.2, -0.15) is 4.98 Å². The van der Waals surface area contributed by atoms with Crippen LogP contribution in [0.15, 0.2) is 10.8 Å². The second kappa shape index (κ2) is 5.63. The summed E-state index contributed by atoms with van der Waals surface area (Å²) in [7, 11) is 0. The molecule has 0 spiro atoms. The molecule has 1 aliphatic heterocycles. The fraction of sp³-hybridized carbons (Fsp3) is 0.583. The Hall–Kier alpha value is -1.25. The van der Waals surface area contributed by atoms with Crippen LogP contribution in [-0.4, -0.2) is 62.4 Å². The van der Waals surface area contributed by atoms with Crippen LogP contribution in [0.25, 0.3) is 11.3 Å². The Kier molecular flexibility index (Phi) is 3.86. The van der Waals surface area contributed by atoms with Crippen LogP contribution in [-0.2, 0) is 4.74 Å². The molecule has 0 amide bonds. The number of nitrogens with zero attached hydrogens (tertiary/aromatic N) is 5. The standard InChI is InChI=1S/C12H16BrN5O2/c1-8(7-17-2-4-20-5-3-17)18-11-10(16-12(18)19)14-6-9(13)15-11/h6,8H,2-5,7H2,1H3,(H,14,16,19)/t8-/m1/s1. The van der Waals surface area contributed by atoms with Crippen LogP contribution in [0.2, 0.25) is 0 Å². The minimum absolute atomic E-state index is 0.0427. The van der Waals surface area contributed by atoms with E-state index < -0.39 is 0 Å². The number of fused-ring (bicyclic) bond motifs is 1. The molecule has 0 radical (unpaired) electrons. The van der Waals surface area contributed by atoms with Crippen LogP contribution < -0.4 is 0 Å². The normalized spacial score (nSPS) is 18.5. The van der Waals surface area contributed by atoms with Crippen molar-refractivity contribution in [3.63, 3.8) is 0 Å². The van der Waals surface area contributed by atoms with Gasteiger partial charge < -0.3 is 9.84 Å². The highest BCUT2D eigenvalue weighted by molar-refractivity contribution is 9.10. The van der Waals surface area contributed by atoms with E-state index in [1.54, 1.807) is 10.8 Å². The second-order valence-electron chi connectivity index (χ2n) is 4.88. The molecule has 0 bridgehead atoms. The van der Waals surface area contributed by atoms with Crippen molar-refractivity contribution in [2.75, 3.05) is 32.8 Å². The molecule has 0 unspecified atom stereocenters. The predicted octanol–water partition coefficient (Wildman–Crippen LogP) is 1.19. The molecule has 0 aromatic carbocycles. The van der Waals surface area contributed by atoms with Crippen molar-refractivity contribution in [2.24, 2.45) is 0 Å². The summed E-state index contributed by atoms with van der Waals surface area (Å²) in [6, 6.07) is 0.0144. The van der Waals surface area contributed by atoms with Crippen LogP contribution in [0.1, 0.15) is 13.0 Å². The smallest absolute Gasteiger partial charge is 0.297 e. The lowest BCUT2D eigenvalue weighted by Crippen LogP contribution is -2.39. The van der Waals surface area contributed by atoms with Crippen molar-refractivity contribution >= 4 is 27.2 Å². The molecule has 1 N–H and O–H groups in total. The Labute approximate surface area is 124 Å². The molecule has 1 saturated heterocycles. The summed E-state index contributed by atoms with van der Waals surface area (Å²) in [5, 5.41) is 10.0. The van der Waals surface area contributed by atoms with Crippen LogP contribution in [0, 0.1) is 0 Å². The summed E-state index contributed by atoms with van der Waals surface area (Å²) >= 11 is 3.30. The third kappa shape index (κ3) is 2.63. The monoisotopic (exact) mass is 341 g/mol. The average molecular weight is 342 g/mol. The van der Waals surface area contributed by atoms with Gasteiger partial charge in [-0.1, -0.05) is 0 Å². The average Bonchev–Trinajstić information content (AvgIpc) is 2.75. The van der Waals surface area contributed by atoms with Crippen LogP contribution in [0.5, 0.6) is 6.01 Å². The summed E-state index contributed by atoms with van der Waals surface area (Å²) in [6.45, 7) is 6.19. The molecule has 1 fully saturated rings. The molecule has 1 atom stereocenters. The van der Waals surface area contributed by atoms with Crippen molar-refractivity contribution in [1.29, 1.82) is 0 Å². The van der Waals surface area contributed by atoms with E-state index in [0.29, 0.717) is 15.9 Å². The van der Waals surface area contributed by atoms with Gasteiger partial charge in [-0.3, -0.25) is 9.47 Å². The summed E-state index contributed by atoms with van der Waals surface area (Å²) in [6.07, 6.45) is 1.58. The van der Waals surface area contributed by atoms with Gasteiger partial charge in [0.1, 0.15) is 4.60 Å². The Balaban J connectivity index is 1.88. The highest BCUT2D eigenvalue weighted by Crippen LogP contribution is 2.24.